The Morgan fingerprint density at radius 2 is 1.83 bits per heavy atom. The SMILES string of the molecule is CC(=C=O)CCc1cc(C)c([B]CC2=C(c3ccc(F)cc3)CC(F)(F)C2)c(F)c1. The molecule has 0 saturated heterocycles. The van der Waals surface area contributed by atoms with Crippen molar-refractivity contribution < 1.29 is 22.4 Å². The highest BCUT2D eigenvalue weighted by Crippen LogP contribution is 2.45. The van der Waals surface area contributed by atoms with Crippen molar-refractivity contribution in [1.82, 2.24) is 0 Å². The quantitative estimate of drug-likeness (QED) is 0.328. The molecule has 3 rings (SSSR count). The Hall–Kier alpha value is -2.59. The van der Waals surface area contributed by atoms with Crippen LogP contribution in [0.15, 0.2) is 47.5 Å². The van der Waals surface area contributed by atoms with E-state index in [2.05, 4.69) is 0 Å². The lowest BCUT2D eigenvalue weighted by Gasteiger charge is -2.12. The van der Waals surface area contributed by atoms with Gasteiger partial charge in [-0.25, -0.2) is 22.4 Å². The Morgan fingerprint density at radius 3 is 2.47 bits per heavy atom. The average molecular weight is 413 g/mol. The van der Waals surface area contributed by atoms with Gasteiger partial charge in [-0.05, 0) is 67.1 Å². The second-order valence-corrected chi connectivity index (χ2v) is 7.90. The Kier molecular flexibility index (Phi) is 6.67. The van der Waals surface area contributed by atoms with E-state index in [1.807, 2.05) is 12.0 Å². The molecule has 1 radical (unpaired) electrons. The maximum absolute atomic E-state index is 14.7. The Bertz CT molecular complexity index is 995. The van der Waals surface area contributed by atoms with Crippen LogP contribution in [0, 0.1) is 18.6 Å². The number of benzene rings is 2. The van der Waals surface area contributed by atoms with Gasteiger partial charge in [-0.2, -0.15) is 0 Å². The van der Waals surface area contributed by atoms with Crippen LogP contribution in [0.4, 0.5) is 17.6 Å². The average Bonchev–Trinajstić information content (AvgIpc) is 3.00. The lowest BCUT2D eigenvalue weighted by atomic mass is 9.62. The van der Waals surface area contributed by atoms with Gasteiger partial charge in [0.1, 0.15) is 17.6 Å². The molecule has 30 heavy (non-hydrogen) atoms. The van der Waals surface area contributed by atoms with Crippen molar-refractivity contribution in [2.45, 2.75) is 51.8 Å². The summed E-state index contributed by atoms with van der Waals surface area (Å²) in [5, 5.41) is 0. The largest absolute Gasteiger partial charge is 0.255 e. The van der Waals surface area contributed by atoms with E-state index in [9.17, 15) is 22.4 Å². The summed E-state index contributed by atoms with van der Waals surface area (Å²) in [7, 11) is 1.64. The molecule has 2 aromatic carbocycles. The fourth-order valence-electron chi connectivity index (χ4n) is 3.85. The van der Waals surface area contributed by atoms with Gasteiger partial charge < -0.3 is 0 Å². The van der Waals surface area contributed by atoms with Gasteiger partial charge in [0.05, 0.1) is 0 Å². The summed E-state index contributed by atoms with van der Waals surface area (Å²) in [5.41, 5.74) is 4.07. The van der Waals surface area contributed by atoms with E-state index in [0.29, 0.717) is 46.2 Å². The van der Waals surface area contributed by atoms with Crippen molar-refractivity contribution in [3.63, 3.8) is 0 Å². The van der Waals surface area contributed by atoms with Crippen molar-refractivity contribution >= 4 is 24.3 Å². The summed E-state index contributed by atoms with van der Waals surface area (Å²) in [4.78, 5) is 10.6. The van der Waals surface area contributed by atoms with Crippen LogP contribution in [0.2, 0.25) is 6.32 Å². The molecule has 1 nitrogen and oxygen atoms in total. The highest BCUT2D eigenvalue weighted by Gasteiger charge is 2.39. The van der Waals surface area contributed by atoms with Gasteiger partial charge in [-0.3, -0.25) is 0 Å². The monoisotopic (exact) mass is 413 g/mol. The zero-order chi connectivity index (χ0) is 21.9. The molecule has 0 aliphatic heterocycles. The van der Waals surface area contributed by atoms with E-state index in [0.717, 1.165) is 5.56 Å². The van der Waals surface area contributed by atoms with Crippen LogP contribution in [-0.2, 0) is 11.2 Å². The molecule has 0 amide bonds. The number of rotatable bonds is 7. The normalized spacial score (nSPS) is 15.3. The highest BCUT2D eigenvalue weighted by atomic mass is 19.3. The molecule has 1 aliphatic carbocycles. The number of carbonyl (C=O) groups excluding carboxylic acids is 1. The molecule has 0 N–H and O–H groups in total. The summed E-state index contributed by atoms with van der Waals surface area (Å²) in [5.74, 6) is -1.85. The lowest BCUT2D eigenvalue weighted by Crippen LogP contribution is -2.23. The van der Waals surface area contributed by atoms with Crippen LogP contribution < -0.4 is 5.46 Å². The van der Waals surface area contributed by atoms with Gasteiger partial charge in [0.15, 0.2) is 7.28 Å². The van der Waals surface area contributed by atoms with Crippen molar-refractivity contribution in [3.8, 4) is 0 Å². The molecular weight excluding hydrogens is 391 g/mol. The molecule has 155 valence electrons. The van der Waals surface area contributed by atoms with Crippen LogP contribution in [0.3, 0.4) is 0 Å². The molecule has 0 aromatic heterocycles. The summed E-state index contributed by atoms with van der Waals surface area (Å²) < 4.78 is 56.1. The van der Waals surface area contributed by atoms with E-state index in [1.54, 1.807) is 21.1 Å². The van der Waals surface area contributed by atoms with E-state index < -0.39 is 24.0 Å². The summed E-state index contributed by atoms with van der Waals surface area (Å²) in [6.07, 6.45) is 0.462. The van der Waals surface area contributed by atoms with Gasteiger partial charge in [0.2, 0.25) is 0 Å². The number of hydrogen-bond donors (Lipinski definition) is 0. The third-order valence-corrected chi connectivity index (χ3v) is 5.44. The predicted octanol–water partition coefficient (Wildman–Crippen LogP) is 5.61. The first kappa shape index (κ1) is 22.1. The maximum Gasteiger partial charge on any atom is 0.255 e. The summed E-state index contributed by atoms with van der Waals surface area (Å²) in [6, 6.07) is 8.79. The first-order valence-corrected chi connectivity index (χ1v) is 9.86. The fourth-order valence-corrected chi connectivity index (χ4v) is 3.85. The molecule has 1 aliphatic rings. The van der Waals surface area contributed by atoms with Gasteiger partial charge in [0, 0.05) is 18.4 Å². The second kappa shape index (κ2) is 9.05. The molecular formula is C24H22BF4O. The van der Waals surface area contributed by atoms with Crippen LogP contribution >= 0.6 is 0 Å². The van der Waals surface area contributed by atoms with Gasteiger partial charge >= 0.3 is 0 Å². The third kappa shape index (κ3) is 5.31. The van der Waals surface area contributed by atoms with Crippen LogP contribution in [0.1, 0.15) is 42.9 Å². The standard InChI is InChI=1S/C24H22BF4O/c1-15(14-30)3-4-17-9-16(2)23(22(27)10-17)25-13-19-11-24(28,29)12-21(19)18-5-7-20(26)8-6-18/h5-10H,3-4,11-13H2,1-2H3. The topological polar surface area (TPSA) is 17.1 Å². The zero-order valence-corrected chi connectivity index (χ0v) is 17.0. The van der Waals surface area contributed by atoms with Crippen LogP contribution in [0.25, 0.3) is 5.57 Å². The summed E-state index contributed by atoms with van der Waals surface area (Å²) >= 11 is 0. The summed E-state index contributed by atoms with van der Waals surface area (Å²) in [6.45, 7) is 3.46. The van der Waals surface area contributed by atoms with E-state index in [4.69, 9.17) is 0 Å². The van der Waals surface area contributed by atoms with Crippen molar-refractivity contribution in [1.29, 1.82) is 0 Å². The first-order chi connectivity index (χ1) is 14.2. The number of hydrogen-bond acceptors (Lipinski definition) is 1. The minimum Gasteiger partial charge on any atom is -0.234 e. The van der Waals surface area contributed by atoms with Crippen molar-refractivity contribution in [2.24, 2.45) is 0 Å². The minimum absolute atomic E-state index is 0.201. The number of allylic oxidation sites excluding steroid dienone is 3. The van der Waals surface area contributed by atoms with Gasteiger partial charge in [-0.1, -0.05) is 35.7 Å². The molecule has 0 fully saturated rings. The van der Waals surface area contributed by atoms with Crippen molar-refractivity contribution in [3.05, 3.63) is 75.9 Å². The molecule has 6 heteroatoms. The smallest absolute Gasteiger partial charge is 0.234 e. The molecule has 0 atom stereocenters. The second-order valence-electron chi connectivity index (χ2n) is 7.90. The third-order valence-electron chi connectivity index (χ3n) is 5.44. The van der Waals surface area contributed by atoms with Crippen LogP contribution in [0.5, 0.6) is 0 Å². The zero-order valence-electron chi connectivity index (χ0n) is 17.0. The molecule has 0 saturated carbocycles. The Morgan fingerprint density at radius 1 is 1.13 bits per heavy atom. The van der Waals surface area contributed by atoms with Gasteiger partial charge in [-0.15, -0.1) is 0 Å². The minimum atomic E-state index is -2.85. The molecule has 0 unspecified atom stereocenters. The van der Waals surface area contributed by atoms with E-state index >= 15 is 0 Å². The predicted molar refractivity (Wildman–Crippen MR) is 112 cm³/mol. The van der Waals surface area contributed by atoms with Gasteiger partial charge in [0.25, 0.3) is 5.92 Å². The maximum atomic E-state index is 14.7. The highest BCUT2D eigenvalue weighted by molar-refractivity contribution is 6.55. The molecule has 0 spiro atoms. The van der Waals surface area contributed by atoms with Crippen LogP contribution in [-0.4, -0.2) is 19.1 Å². The molecule has 0 heterocycles. The Balaban J connectivity index is 1.79. The molecule has 0 bridgehead atoms. The fraction of sp³-hybridized carbons (Fsp3) is 0.333. The molecule has 2 aromatic rings. The number of alkyl halides is 2. The number of aryl methyl sites for hydroxylation is 2. The lowest BCUT2D eigenvalue weighted by molar-refractivity contribution is 0.0154. The van der Waals surface area contributed by atoms with E-state index in [1.165, 1.54) is 30.3 Å². The Labute approximate surface area is 174 Å². The van der Waals surface area contributed by atoms with Crippen molar-refractivity contribution in [2.75, 3.05) is 0 Å². The number of halogens is 4. The van der Waals surface area contributed by atoms with E-state index in [-0.39, 0.29) is 12.7 Å². The first-order valence-electron chi connectivity index (χ1n) is 9.86.